The molecule has 1 amide bonds. The van der Waals surface area contributed by atoms with Gasteiger partial charge in [-0.25, -0.2) is 9.59 Å². The molecular weight excluding hydrogens is 266 g/mol. The maximum Gasteiger partial charge on any atom is 0.413 e. The number of thioether (sulfide) groups is 1. The molecule has 1 heterocycles. The molecule has 1 aliphatic heterocycles. The Morgan fingerprint density at radius 1 is 1.53 bits per heavy atom. The van der Waals surface area contributed by atoms with Crippen LogP contribution in [0.25, 0.3) is 0 Å². The van der Waals surface area contributed by atoms with Crippen LogP contribution in [0.1, 0.15) is 34.1 Å². The lowest BCUT2D eigenvalue weighted by Gasteiger charge is -2.37. The minimum absolute atomic E-state index is 0.355. The van der Waals surface area contributed by atoms with Crippen molar-refractivity contribution >= 4 is 23.8 Å². The smallest absolute Gasteiger partial charge is 0.413 e. The van der Waals surface area contributed by atoms with Gasteiger partial charge in [-0.05, 0) is 25.4 Å². The van der Waals surface area contributed by atoms with Gasteiger partial charge in [0.15, 0.2) is 6.23 Å². The van der Waals surface area contributed by atoms with Crippen molar-refractivity contribution in [3.8, 4) is 0 Å². The average molecular weight is 289 g/mol. The third-order valence-corrected chi connectivity index (χ3v) is 3.94. The Morgan fingerprint density at radius 2 is 2.11 bits per heavy atom. The molecule has 1 fully saturated rings. The first-order valence-electron chi connectivity index (χ1n) is 6.26. The van der Waals surface area contributed by atoms with Gasteiger partial charge in [-0.15, -0.1) is 0 Å². The fourth-order valence-electron chi connectivity index (χ4n) is 2.12. The molecule has 2 atom stereocenters. The van der Waals surface area contributed by atoms with Crippen molar-refractivity contribution in [3.63, 3.8) is 0 Å². The molecule has 0 spiro atoms. The zero-order chi connectivity index (χ0) is 14.8. The van der Waals surface area contributed by atoms with Gasteiger partial charge in [0, 0.05) is 5.41 Å². The molecule has 0 radical (unpaired) electrons. The van der Waals surface area contributed by atoms with Gasteiger partial charge < -0.3 is 9.47 Å². The van der Waals surface area contributed by atoms with Gasteiger partial charge in [-0.1, -0.05) is 20.8 Å². The summed E-state index contributed by atoms with van der Waals surface area (Å²) >= 11 is 1.63. The molecular formula is C13H23NO4S. The lowest BCUT2D eigenvalue weighted by atomic mass is 9.90. The van der Waals surface area contributed by atoms with Crippen LogP contribution in [-0.2, 0) is 14.3 Å². The third kappa shape index (κ3) is 2.99. The molecule has 0 saturated carbocycles. The van der Waals surface area contributed by atoms with E-state index in [4.69, 9.17) is 9.47 Å². The number of amides is 1. The monoisotopic (exact) mass is 289 g/mol. The highest BCUT2D eigenvalue weighted by Gasteiger charge is 2.57. The quantitative estimate of drug-likeness (QED) is 0.747. The van der Waals surface area contributed by atoms with Gasteiger partial charge >= 0.3 is 12.1 Å². The molecule has 0 bridgehead atoms. The van der Waals surface area contributed by atoms with Crippen molar-refractivity contribution < 1.29 is 19.1 Å². The zero-order valence-corrected chi connectivity index (χ0v) is 13.3. The number of esters is 1. The first-order valence-corrected chi connectivity index (χ1v) is 7.65. The van der Waals surface area contributed by atoms with Crippen molar-refractivity contribution in [1.29, 1.82) is 0 Å². The number of hydrogen-bond donors (Lipinski definition) is 0. The predicted molar refractivity (Wildman–Crippen MR) is 75.0 cm³/mol. The summed E-state index contributed by atoms with van der Waals surface area (Å²) in [7, 11) is 1.32. The molecule has 1 rings (SSSR count). The van der Waals surface area contributed by atoms with Crippen LogP contribution in [0.5, 0.6) is 0 Å². The van der Waals surface area contributed by atoms with Crippen LogP contribution in [-0.4, -0.2) is 47.8 Å². The first kappa shape index (κ1) is 16.1. The number of methoxy groups -OCH3 is 1. The SMILES string of the molecule is COC(=O)N1[C@@H](C(C)(C)C)OC(=O)[C@@]1(C)CCSC. The van der Waals surface area contributed by atoms with E-state index in [0.29, 0.717) is 6.42 Å². The van der Waals surface area contributed by atoms with Gasteiger partial charge in [-0.3, -0.25) is 4.90 Å². The van der Waals surface area contributed by atoms with Gasteiger partial charge in [0.05, 0.1) is 7.11 Å². The van der Waals surface area contributed by atoms with Crippen molar-refractivity contribution in [3.05, 3.63) is 0 Å². The van der Waals surface area contributed by atoms with Crippen molar-refractivity contribution in [2.24, 2.45) is 5.41 Å². The topological polar surface area (TPSA) is 55.8 Å². The van der Waals surface area contributed by atoms with Gasteiger partial charge in [0.1, 0.15) is 5.54 Å². The maximum absolute atomic E-state index is 12.2. The van der Waals surface area contributed by atoms with Crippen molar-refractivity contribution in [2.45, 2.75) is 45.9 Å². The normalized spacial score (nSPS) is 27.4. The minimum Gasteiger partial charge on any atom is -0.453 e. The van der Waals surface area contributed by atoms with Gasteiger partial charge in [-0.2, -0.15) is 11.8 Å². The van der Waals surface area contributed by atoms with Crippen LogP contribution in [0.3, 0.4) is 0 Å². The van der Waals surface area contributed by atoms with E-state index in [1.807, 2.05) is 27.0 Å². The second-order valence-corrected chi connectivity index (χ2v) is 6.97. The average Bonchev–Trinajstić information content (AvgIpc) is 2.59. The maximum atomic E-state index is 12.2. The fourth-order valence-corrected chi connectivity index (χ4v) is 2.72. The molecule has 1 aliphatic rings. The van der Waals surface area contributed by atoms with Crippen LogP contribution in [0.15, 0.2) is 0 Å². The summed E-state index contributed by atoms with van der Waals surface area (Å²) in [5, 5.41) is 0. The highest BCUT2D eigenvalue weighted by Crippen LogP contribution is 2.40. The molecule has 0 unspecified atom stereocenters. The highest BCUT2D eigenvalue weighted by molar-refractivity contribution is 7.98. The molecule has 0 aromatic rings. The summed E-state index contributed by atoms with van der Waals surface area (Å²) in [6.07, 6.45) is 1.40. The van der Waals surface area contributed by atoms with Crippen LogP contribution < -0.4 is 0 Å². The summed E-state index contributed by atoms with van der Waals surface area (Å²) in [6.45, 7) is 7.54. The van der Waals surface area contributed by atoms with E-state index in [-0.39, 0.29) is 11.4 Å². The van der Waals surface area contributed by atoms with E-state index in [9.17, 15) is 9.59 Å². The first-order chi connectivity index (χ1) is 8.68. The van der Waals surface area contributed by atoms with Crippen molar-refractivity contribution in [2.75, 3.05) is 19.1 Å². The third-order valence-electron chi connectivity index (χ3n) is 3.33. The lowest BCUT2D eigenvalue weighted by Crippen LogP contribution is -2.54. The molecule has 6 heteroatoms. The highest BCUT2D eigenvalue weighted by atomic mass is 32.2. The summed E-state index contributed by atoms with van der Waals surface area (Å²) in [6, 6.07) is 0. The van der Waals surface area contributed by atoms with E-state index in [0.717, 1.165) is 5.75 Å². The number of ether oxygens (including phenoxy) is 2. The van der Waals surface area contributed by atoms with Crippen LogP contribution >= 0.6 is 11.8 Å². The van der Waals surface area contributed by atoms with Gasteiger partial charge in [0.2, 0.25) is 0 Å². The Kier molecular flexibility index (Phi) is 4.76. The Hall–Kier alpha value is -0.910. The summed E-state index contributed by atoms with van der Waals surface area (Å²) < 4.78 is 10.3. The second-order valence-electron chi connectivity index (χ2n) is 5.98. The summed E-state index contributed by atoms with van der Waals surface area (Å²) in [4.78, 5) is 25.7. The molecule has 0 aliphatic carbocycles. The zero-order valence-electron chi connectivity index (χ0n) is 12.5. The largest absolute Gasteiger partial charge is 0.453 e. The minimum atomic E-state index is -0.950. The Bertz CT molecular complexity index is 366. The standard InChI is InChI=1S/C13H23NO4S/c1-12(2,3)9-14(11(16)17-5)13(4,7-8-19-6)10(15)18-9/h9H,7-8H2,1-6H3/t9-,13-/m1/s1. The van der Waals surface area contributed by atoms with Crippen LogP contribution in [0, 0.1) is 5.41 Å². The fraction of sp³-hybridized carbons (Fsp3) is 0.846. The van der Waals surface area contributed by atoms with Crippen LogP contribution in [0.4, 0.5) is 4.79 Å². The Labute approximate surface area is 119 Å². The van der Waals surface area contributed by atoms with E-state index in [1.54, 1.807) is 18.7 Å². The summed E-state index contributed by atoms with van der Waals surface area (Å²) in [5.41, 5.74) is -1.31. The number of rotatable bonds is 3. The van der Waals surface area contributed by atoms with Crippen molar-refractivity contribution in [1.82, 2.24) is 4.90 Å². The number of cyclic esters (lactones) is 1. The molecule has 0 N–H and O–H groups in total. The Morgan fingerprint density at radius 3 is 2.53 bits per heavy atom. The second kappa shape index (κ2) is 5.61. The van der Waals surface area contributed by atoms with E-state index < -0.39 is 17.9 Å². The molecule has 0 aromatic heterocycles. The number of carbonyl (C=O) groups is 2. The number of hydrogen-bond acceptors (Lipinski definition) is 5. The Balaban J connectivity index is 3.14. The predicted octanol–water partition coefficient (Wildman–Crippen LogP) is 2.50. The van der Waals surface area contributed by atoms with E-state index in [1.165, 1.54) is 12.0 Å². The van der Waals surface area contributed by atoms with Gasteiger partial charge in [0.25, 0.3) is 0 Å². The van der Waals surface area contributed by atoms with E-state index >= 15 is 0 Å². The number of nitrogens with zero attached hydrogens (tertiary/aromatic N) is 1. The summed E-state index contributed by atoms with van der Waals surface area (Å²) in [5.74, 6) is 0.419. The molecule has 1 saturated heterocycles. The molecule has 5 nitrogen and oxygen atoms in total. The number of carbonyl (C=O) groups excluding carboxylic acids is 2. The van der Waals surface area contributed by atoms with E-state index in [2.05, 4.69) is 0 Å². The molecule has 0 aromatic carbocycles. The molecule has 110 valence electrons. The molecule has 19 heavy (non-hydrogen) atoms. The lowest BCUT2D eigenvalue weighted by molar-refractivity contribution is -0.148. The van der Waals surface area contributed by atoms with Crippen LogP contribution in [0.2, 0.25) is 0 Å².